The predicted octanol–water partition coefficient (Wildman–Crippen LogP) is 1.69. The Morgan fingerprint density at radius 2 is 2.20 bits per heavy atom. The van der Waals surface area contributed by atoms with E-state index in [4.69, 9.17) is 5.73 Å². The van der Waals surface area contributed by atoms with E-state index >= 15 is 0 Å². The third-order valence-electron chi connectivity index (χ3n) is 2.32. The number of rotatable bonds is 4. The second-order valence-electron chi connectivity index (χ2n) is 3.81. The molecule has 2 aromatic rings. The van der Waals surface area contributed by atoms with Crippen molar-refractivity contribution in [2.45, 2.75) is 10.9 Å². The number of nitrogens with one attached hydrogen (secondary N) is 1. The van der Waals surface area contributed by atoms with Crippen molar-refractivity contribution in [2.75, 3.05) is 5.73 Å². The van der Waals surface area contributed by atoms with Crippen molar-refractivity contribution >= 4 is 23.3 Å². The molecule has 7 nitrogen and oxygen atoms in total. The van der Waals surface area contributed by atoms with E-state index in [0.717, 1.165) is 30.0 Å². The van der Waals surface area contributed by atoms with Crippen molar-refractivity contribution in [3.05, 3.63) is 56.1 Å². The highest BCUT2D eigenvalue weighted by Crippen LogP contribution is 2.23. The SMILES string of the molecule is Nc1cc(=O)[nH]c(SCc2ccc([N+](=O)[O-])c(F)c2)n1. The summed E-state index contributed by atoms with van der Waals surface area (Å²) < 4.78 is 13.4. The van der Waals surface area contributed by atoms with Crippen LogP contribution in [-0.4, -0.2) is 14.9 Å². The summed E-state index contributed by atoms with van der Waals surface area (Å²) in [4.78, 5) is 27.2. The molecule has 0 atom stereocenters. The van der Waals surface area contributed by atoms with Crippen LogP contribution in [0.1, 0.15) is 5.56 Å². The quantitative estimate of drug-likeness (QED) is 0.384. The zero-order chi connectivity index (χ0) is 14.7. The second-order valence-corrected chi connectivity index (χ2v) is 4.77. The Morgan fingerprint density at radius 1 is 1.45 bits per heavy atom. The Balaban J connectivity index is 2.13. The van der Waals surface area contributed by atoms with Crippen molar-refractivity contribution in [1.82, 2.24) is 9.97 Å². The number of aromatic amines is 1. The smallest absolute Gasteiger partial charge is 0.304 e. The van der Waals surface area contributed by atoms with Gasteiger partial charge in [-0.2, -0.15) is 4.39 Å². The molecule has 0 aliphatic heterocycles. The highest BCUT2D eigenvalue weighted by atomic mass is 32.2. The van der Waals surface area contributed by atoms with E-state index in [2.05, 4.69) is 9.97 Å². The normalized spacial score (nSPS) is 10.4. The van der Waals surface area contributed by atoms with Crippen LogP contribution in [0.4, 0.5) is 15.9 Å². The number of H-pyrrole nitrogens is 1. The number of benzene rings is 1. The van der Waals surface area contributed by atoms with Crippen molar-refractivity contribution in [2.24, 2.45) is 0 Å². The van der Waals surface area contributed by atoms with Gasteiger partial charge in [0.2, 0.25) is 5.82 Å². The molecular weight excluding hydrogens is 287 g/mol. The molecule has 0 saturated carbocycles. The van der Waals surface area contributed by atoms with Crippen LogP contribution in [-0.2, 0) is 5.75 Å². The number of nitrogen functional groups attached to an aromatic ring is 1. The minimum Gasteiger partial charge on any atom is -0.383 e. The van der Waals surface area contributed by atoms with Gasteiger partial charge in [-0.1, -0.05) is 17.8 Å². The molecule has 0 bridgehead atoms. The first-order chi connectivity index (χ1) is 9.45. The average molecular weight is 296 g/mol. The molecule has 0 aliphatic carbocycles. The number of hydrogen-bond acceptors (Lipinski definition) is 6. The number of aromatic nitrogens is 2. The standard InChI is InChI=1S/C11H9FN4O3S/c12-7-3-6(1-2-8(7)16(18)19)5-20-11-14-9(13)4-10(17)15-11/h1-4H,5H2,(H3,13,14,15,17). The lowest BCUT2D eigenvalue weighted by molar-refractivity contribution is -0.387. The molecule has 104 valence electrons. The topological polar surface area (TPSA) is 115 Å². The van der Waals surface area contributed by atoms with E-state index in [1.54, 1.807) is 0 Å². The fourth-order valence-electron chi connectivity index (χ4n) is 1.46. The number of halogens is 1. The van der Waals surface area contributed by atoms with Crippen LogP contribution < -0.4 is 11.3 Å². The molecular formula is C11H9FN4O3S. The molecule has 20 heavy (non-hydrogen) atoms. The minimum atomic E-state index is -0.901. The van der Waals surface area contributed by atoms with Crippen LogP contribution in [0, 0.1) is 15.9 Å². The average Bonchev–Trinajstić information content (AvgIpc) is 2.35. The molecule has 0 fully saturated rings. The molecule has 9 heteroatoms. The Bertz CT molecular complexity index is 719. The summed E-state index contributed by atoms with van der Waals surface area (Å²) in [5.41, 5.74) is 5.00. The molecule has 1 heterocycles. The van der Waals surface area contributed by atoms with E-state index in [-0.39, 0.29) is 11.4 Å². The number of anilines is 1. The molecule has 2 rings (SSSR count). The number of thioether (sulfide) groups is 1. The number of nitro benzene ring substituents is 1. The van der Waals surface area contributed by atoms with Gasteiger partial charge in [0, 0.05) is 17.9 Å². The Labute approximate surface area is 116 Å². The zero-order valence-electron chi connectivity index (χ0n) is 10.00. The van der Waals surface area contributed by atoms with Crippen LogP contribution in [0.2, 0.25) is 0 Å². The molecule has 0 spiro atoms. The summed E-state index contributed by atoms with van der Waals surface area (Å²) in [6, 6.07) is 4.77. The molecule has 1 aromatic carbocycles. The van der Waals surface area contributed by atoms with Gasteiger partial charge in [-0.25, -0.2) is 4.98 Å². The molecule has 0 radical (unpaired) electrons. The summed E-state index contributed by atoms with van der Waals surface area (Å²) in [7, 11) is 0. The predicted molar refractivity (Wildman–Crippen MR) is 71.9 cm³/mol. The first kappa shape index (κ1) is 14.0. The summed E-state index contributed by atoms with van der Waals surface area (Å²) in [5, 5.41) is 10.8. The monoisotopic (exact) mass is 296 g/mol. The van der Waals surface area contributed by atoms with Crippen LogP contribution in [0.25, 0.3) is 0 Å². The van der Waals surface area contributed by atoms with Gasteiger partial charge >= 0.3 is 5.69 Å². The second kappa shape index (κ2) is 5.70. The molecule has 0 saturated heterocycles. The van der Waals surface area contributed by atoms with E-state index < -0.39 is 16.4 Å². The van der Waals surface area contributed by atoms with E-state index in [1.165, 1.54) is 6.07 Å². The van der Waals surface area contributed by atoms with Crippen molar-refractivity contribution in [3.63, 3.8) is 0 Å². The van der Waals surface area contributed by atoms with E-state index in [9.17, 15) is 19.3 Å². The first-order valence-corrected chi connectivity index (χ1v) is 6.37. The lowest BCUT2D eigenvalue weighted by Crippen LogP contribution is -2.09. The fraction of sp³-hybridized carbons (Fsp3) is 0.0909. The van der Waals surface area contributed by atoms with Gasteiger partial charge in [-0.05, 0) is 11.6 Å². The highest BCUT2D eigenvalue weighted by molar-refractivity contribution is 7.98. The minimum absolute atomic E-state index is 0.0890. The summed E-state index contributed by atoms with van der Waals surface area (Å²) in [5.74, 6) is -0.519. The van der Waals surface area contributed by atoms with Gasteiger partial charge in [0.15, 0.2) is 5.16 Å². The molecule has 0 unspecified atom stereocenters. The molecule has 1 aromatic heterocycles. The van der Waals surface area contributed by atoms with Gasteiger partial charge in [-0.3, -0.25) is 14.9 Å². The first-order valence-electron chi connectivity index (χ1n) is 5.38. The van der Waals surface area contributed by atoms with Crippen LogP contribution in [0.15, 0.2) is 34.2 Å². The third-order valence-corrected chi connectivity index (χ3v) is 3.27. The van der Waals surface area contributed by atoms with Gasteiger partial charge < -0.3 is 10.7 Å². The third kappa shape index (κ3) is 3.32. The maximum absolute atomic E-state index is 13.4. The van der Waals surface area contributed by atoms with Crippen molar-refractivity contribution in [3.8, 4) is 0 Å². The number of nitro groups is 1. The van der Waals surface area contributed by atoms with Crippen LogP contribution >= 0.6 is 11.8 Å². The maximum Gasteiger partial charge on any atom is 0.304 e. The Kier molecular flexibility index (Phi) is 3.99. The Morgan fingerprint density at radius 3 is 2.80 bits per heavy atom. The lowest BCUT2D eigenvalue weighted by Gasteiger charge is -2.02. The van der Waals surface area contributed by atoms with Gasteiger partial charge in [-0.15, -0.1) is 0 Å². The summed E-state index contributed by atoms with van der Waals surface area (Å²) >= 11 is 1.14. The van der Waals surface area contributed by atoms with Crippen molar-refractivity contribution in [1.29, 1.82) is 0 Å². The zero-order valence-corrected chi connectivity index (χ0v) is 10.8. The van der Waals surface area contributed by atoms with E-state index in [1.807, 2.05) is 0 Å². The maximum atomic E-state index is 13.4. The van der Waals surface area contributed by atoms with Gasteiger partial charge in [0.1, 0.15) is 5.82 Å². The summed E-state index contributed by atoms with van der Waals surface area (Å²) in [6.45, 7) is 0. The lowest BCUT2D eigenvalue weighted by atomic mass is 10.2. The highest BCUT2D eigenvalue weighted by Gasteiger charge is 2.13. The van der Waals surface area contributed by atoms with Gasteiger partial charge in [0.05, 0.1) is 4.92 Å². The van der Waals surface area contributed by atoms with Crippen LogP contribution in [0.5, 0.6) is 0 Å². The van der Waals surface area contributed by atoms with E-state index in [0.29, 0.717) is 16.5 Å². The van der Waals surface area contributed by atoms with Gasteiger partial charge in [0.25, 0.3) is 5.56 Å². The van der Waals surface area contributed by atoms with Crippen LogP contribution in [0.3, 0.4) is 0 Å². The molecule has 3 N–H and O–H groups in total. The fourth-order valence-corrected chi connectivity index (χ4v) is 2.29. The Hall–Kier alpha value is -2.42. The molecule has 0 aliphatic rings. The number of nitrogens with two attached hydrogens (primary N) is 1. The number of nitrogens with zero attached hydrogens (tertiary/aromatic N) is 2. The number of hydrogen-bond donors (Lipinski definition) is 2. The van der Waals surface area contributed by atoms with Crippen molar-refractivity contribution < 1.29 is 9.31 Å². The molecule has 0 amide bonds. The summed E-state index contributed by atoms with van der Waals surface area (Å²) in [6.07, 6.45) is 0. The largest absolute Gasteiger partial charge is 0.383 e.